The maximum absolute atomic E-state index is 5.49. The molecule has 0 heterocycles. The zero-order valence-corrected chi connectivity index (χ0v) is 14.5. The molecule has 122 valence electrons. The highest BCUT2D eigenvalue weighted by molar-refractivity contribution is 4.60. The van der Waals surface area contributed by atoms with Crippen molar-refractivity contribution in [2.45, 2.75) is 91.9 Å². The van der Waals surface area contributed by atoms with Gasteiger partial charge in [-0.25, -0.2) is 0 Å². The molecule has 0 aliphatic carbocycles. The molecule has 0 fully saturated rings. The van der Waals surface area contributed by atoms with Gasteiger partial charge in [-0.15, -0.1) is 0 Å². The Kier molecular flexibility index (Phi) is 13.8. The van der Waals surface area contributed by atoms with Crippen LogP contribution in [0.3, 0.4) is 0 Å². The third-order valence-electron chi connectivity index (χ3n) is 3.52. The van der Waals surface area contributed by atoms with E-state index in [1.807, 2.05) is 0 Å². The van der Waals surface area contributed by atoms with E-state index < -0.39 is 0 Å². The summed E-state index contributed by atoms with van der Waals surface area (Å²) in [6.07, 6.45) is 13.0. The molecule has 0 aliphatic heterocycles. The zero-order chi connectivity index (χ0) is 15.1. The lowest BCUT2D eigenvalue weighted by molar-refractivity contribution is -0.0556. The standard InChI is InChI=1S/C18H38O2/c1-5-6-7-8-9-12-15-19-17-20-16-13-10-11-14-18(2,3)4/h5-17H2,1-4H3. The highest BCUT2D eigenvalue weighted by Gasteiger charge is 2.08. The molecule has 0 aromatic carbocycles. The summed E-state index contributed by atoms with van der Waals surface area (Å²) in [7, 11) is 0. The predicted molar refractivity (Wildman–Crippen MR) is 88.1 cm³/mol. The molecule has 0 saturated carbocycles. The van der Waals surface area contributed by atoms with Crippen LogP contribution in [0.1, 0.15) is 91.9 Å². The Balaban J connectivity index is 2.99. The van der Waals surface area contributed by atoms with Crippen molar-refractivity contribution < 1.29 is 9.47 Å². The first-order valence-corrected chi connectivity index (χ1v) is 8.72. The topological polar surface area (TPSA) is 18.5 Å². The molecule has 2 heteroatoms. The minimum absolute atomic E-state index is 0.473. The van der Waals surface area contributed by atoms with E-state index >= 15 is 0 Å². The van der Waals surface area contributed by atoms with Gasteiger partial charge in [-0.05, 0) is 24.7 Å². The van der Waals surface area contributed by atoms with Gasteiger partial charge in [-0.1, -0.05) is 72.6 Å². The average Bonchev–Trinajstić information content (AvgIpc) is 2.38. The fraction of sp³-hybridized carbons (Fsp3) is 1.00. The molecule has 0 rings (SSSR count). The second kappa shape index (κ2) is 13.9. The molecule has 0 unspecified atom stereocenters. The lowest BCUT2D eigenvalue weighted by Crippen LogP contribution is -2.05. The van der Waals surface area contributed by atoms with Gasteiger partial charge in [-0.2, -0.15) is 0 Å². The molecule has 0 amide bonds. The van der Waals surface area contributed by atoms with E-state index in [0.29, 0.717) is 12.2 Å². The quantitative estimate of drug-likeness (QED) is 0.290. The number of rotatable bonds is 14. The first-order valence-electron chi connectivity index (χ1n) is 8.72. The van der Waals surface area contributed by atoms with Gasteiger partial charge in [0.1, 0.15) is 6.79 Å². The fourth-order valence-corrected chi connectivity index (χ4v) is 2.20. The summed E-state index contributed by atoms with van der Waals surface area (Å²) in [5.41, 5.74) is 0.473. The van der Waals surface area contributed by atoms with Crippen molar-refractivity contribution in [3.05, 3.63) is 0 Å². The van der Waals surface area contributed by atoms with Crippen LogP contribution in [0, 0.1) is 5.41 Å². The number of ether oxygens (including phenoxy) is 2. The number of hydrogen-bond acceptors (Lipinski definition) is 2. The second-order valence-electron chi connectivity index (χ2n) is 7.07. The van der Waals surface area contributed by atoms with Gasteiger partial charge in [0.2, 0.25) is 0 Å². The molecular formula is C18H38O2. The molecule has 0 spiro atoms. The molecule has 2 nitrogen and oxygen atoms in total. The molecular weight excluding hydrogens is 248 g/mol. The van der Waals surface area contributed by atoms with E-state index in [2.05, 4.69) is 27.7 Å². The van der Waals surface area contributed by atoms with Crippen molar-refractivity contribution in [3.63, 3.8) is 0 Å². The van der Waals surface area contributed by atoms with Gasteiger partial charge in [0.15, 0.2) is 0 Å². The Morgan fingerprint density at radius 3 is 1.70 bits per heavy atom. The van der Waals surface area contributed by atoms with Crippen molar-refractivity contribution in [1.29, 1.82) is 0 Å². The summed E-state index contributed by atoms with van der Waals surface area (Å²) in [4.78, 5) is 0. The Hall–Kier alpha value is -0.0800. The van der Waals surface area contributed by atoms with Crippen LogP contribution in [0.15, 0.2) is 0 Å². The lowest BCUT2D eigenvalue weighted by Gasteiger charge is -2.17. The molecule has 0 aliphatic rings. The van der Waals surface area contributed by atoms with Gasteiger partial charge in [0.05, 0.1) is 0 Å². The summed E-state index contributed by atoms with van der Waals surface area (Å²) in [5, 5.41) is 0. The highest BCUT2D eigenvalue weighted by Crippen LogP contribution is 2.21. The fourth-order valence-electron chi connectivity index (χ4n) is 2.20. The minimum atomic E-state index is 0.473. The Bertz CT molecular complexity index is 184. The van der Waals surface area contributed by atoms with E-state index in [-0.39, 0.29) is 0 Å². The van der Waals surface area contributed by atoms with E-state index in [1.54, 1.807) is 0 Å². The third-order valence-corrected chi connectivity index (χ3v) is 3.52. The first kappa shape index (κ1) is 19.9. The molecule has 0 radical (unpaired) electrons. The summed E-state index contributed by atoms with van der Waals surface area (Å²) in [5.74, 6) is 0. The monoisotopic (exact) mass is 286 g/mol. The van der Waals surface area contributed by atoms with Crippen molar-refractivity contribution in [1.82, 2.24) is 0 Å². The van der Waals surface area contributed by atoms with Crippen LogP contribution < -0.4 is 0 Å². The van der Waals surface area contributed by atoms with E-state index in [0.717, 1.165) is 19.6 Å². The van der Waals surface area contributed by atoms with Gasteiger partial charge in [-0.3, -0.25) is 0 Å². The number of unbranched alkanes of at least 4 members (excludes halogenated alkanes) is 7. The van der Waals surface area contributed by atoms with E-state index in [4.69, 9.17) is 9.47 Å². The predicted octanol–water partition coefficient (Wildman–Crippen LogP) is 5.94. The van der Waals surface area contributed by atoms with Crippen LogP contribution in [0.5, 0.6) is 0 Å². The van der Waals surface area contributed by atoms with Gasteiger partial charge < -0.3 is 9.47 Å². The summed E-state index contributed by atoms with van der Waals surface area (Å²) in [6, 6.07) is 0. The molecule has 0 atom stereocenters. The molecule has 20 heavy (non-hydrogen) atoms. The molecule has 0 N–H and O–H groups in total. The maximum atomic E-state index is 5.49. The van der Waals surface area contributed by atoms with Crippen LogP contribution in [-0.4, -0.2) is 20.0 Å². The van der Waals surface area contributed by atoms with Crippen LogP contribution in [0.4, 0.5) is 0 Å². The van der Waals surface area contributed by atoms with Crippen molar-refractivity contribution in [2.75, 3.05) is 20.0 Å². The van der Waals surface area contributed by atoms with Crippen LogP contribution >= 0.6 is 0 Å². The van der Waals surface area contributed by atoms with E-state index in [1.165, 1.54) is 57.8 Å². The zero-order valence-electron chi connectivity index (χ0n) is 14.5. The number of hydrogen-bond donors (Lipinski definition) is 0. The van der Waals surface area contributed by atoms with Gasteiger partial charge in [0, 0.05) is 13.2 Å². The van der Waals surface area contributed by atoms with E-state index in [9.17, 15) is 0 Å². The first-order chi connectivity index (χ1) is 9.56. The van der Waals surface area contributed by atoms with Crippen molar-refractivity contribution in [2.24, 2.45) is 5.41 Å². The SMILES string of the molecule is CCCCCCCCOCOCCCCCC(C)(C)C. The van der Waals surface area contributed by atoms with Crippen LogP contribution in [0.25, 0.3) is 0 Å². The highest BCUT2D eigenvalue weighted by atomic mass is 16.7. The molecule has 0 bridgehead atoms. The summed E-state index contributed by atoms with van der Waals surface area (Å²) >= 11 is 0. The maximum Gasteiger partial charge on any atom is 0.146 e. The largest absolute Gasteiger partial charge is 0.355 e. The minimum Gasteiger partial charge on any atom is -0.355 e. The Morgan fingerprint density at radius 2 is 1.15 bits per heavy atom. The lowest BCUT2D eigenvalue weighted by atomic mass is 9.89. The molecule has 0 aromatic heterocycles. The summed E-state index contributed by atoms with van der Waals surface area (Å²) in [6.45, 7) is 11.4. The van der Waals surface area contributed by atoms with Gasteiger partial charge >= 0.3 is 0 Å². The van der Waals surface area contributed by atoms with Crippen LogP contribution in [0.2, 0.25) is 0 Å². The van der Waals surface area contributed by atoms with Crippen molar-refractivity contribution in [3.8, 4) is 0 Å². The molecule has 0 saturated heterocycles. The van der Waals surface area contributed by atoms with Crippen molar-refractivity contribution >= 4 is 0 Å². The second-order valence-corrected chi connectivity index (χ2v) is 7.07. The molecule has 0 aromatic rings. The van der Waals surface area contributed by atoms with Crippen LogP contribution in [-0.2, 0) is 9.47 Å². The summed E-state index contributed by atoms with van der Waals surface area (Å²) < 4.78 is 11.0. The average molecular weight is 286 g/mol. The Labute approximate surface area is 127 Å². The third kappa shape index (κ3) is 17.9. The smallest absolute Gasteiger partial charge is 0.146 e. The normalized spacial score (nSPS) is 12.0. The Morgan fingerprint density at radius 1 is 0.650 bits per heavy atom. The van der Waals surface area contributed by atoms with Gasteiger partial charge in [0.25, 0.3) is 0 Å².